The van der Waals surface area contributed by atoms with Crippen molar-refractivity contribution in [1.82, 2.24) is 0 Å². The number of carbonyl (C=O) groups is 2. The van der Waals surface area contributed by atoms with Gasteiger partial charge in [0.1, 0.15) is 5.60 Å². The zero-order valence-corrected chi connectivity index (χ0v) is 11.9. The lowest BCUT2D eigenvalue weighted by atomic mass is 10.1. The molecular formula is C12H22O6. The van der Waals surface area contributed by atoms with Crippen molar-refractivity contribution in [2.24, 2.45) is 0 Å². The molecule has 0 spiro atoms. The van der Waals surface area contributed by atoms with Crippen LogP contribution in [-0.2, 0) is 23.7 Å². The molecule has 0 radical (unpaired) electrons. The quantitative estimate of drug-likeness (QED) is 0.681. The summed E-state index contributed by atoms with van der Waals surface area (Å²) < 4.78 is 19.5. The molecule has 0 aromatic carbocycles. The van der Waals surface area contributed by atoms with E-state index in [9.17, 15) is 9.59 Å². The van der Waals surface area contributed by atoms with Crippen LogP contribution in [0.25, 0.3) is 0 Å². The van der Waals surface area contributed by atoms with Crippen LogP contribution in [-0.4, -0.2) is 44.2 Å². The third kappa shape index (κ3) is 5.86. The Hall–Kier alpha value is -1.30. The highest BCUT2D eigenvalue weighted by molar-refractivity contribution is 5.78. The first-order chi connectivity index (χ1) is 8.14. The maximum absolute atomic E-state index is 11.4. The minimum atomic E-state index is -1.02. The van der Waals surface area contributed by atoms with Crippen molar-refractivity contribution in [2.45, 2.75) is 45.3 Å². The molecule has 0 atom stereocenters. The Morgan fingerprint density at radius 3 is 2.00 bits per heavy atom. The van der Waals surface area contributed by atoms with Crippen LogP contribution in [0.4, 0.5) is 4.79 Å². The zero-order valence-electron chi connectivity index (χ0n) is 11.9. The number of methoxy groups -OCH3 is 2. The van der Waals surface area contributed by atoms with Gasteiger partial charge in [-0.1, -0.05) is 0 Å². The van der Waals surface area contributed by atoms with Crippen molar-refractivity contribution in [3.8, 4) is 0 Å². The molecule has 0 rings (SSSR count). The minimum absolute atomic E-state index is 0.256. The Labute approximate surface area is 108 Å². The van der Waals surface area contributed by atoms with E-state index >= 15 is 0 Å². The lowest BCUT2D eigenvalue weighted by Crippen LogP contribution is -2.38. The summed E-state index contributed by atoms with van der Waals surface area (Å²) in [5.41, 5.74) is -1.74. The second-order valence-electron chi connectivity index (χ2n) is 4.92. The van der Waals surface area contributed by atoms with Crippen molar-refractivity contribution in [3.05, 3.63) is 0 Å². The lowest BCUT2D eigenvalue weighted by molar-refractivity contribution is -0.166. The molecule has 0 amide bonds. The summed E-state index contributed by atoms with van der Waals surface area (Å²) in [5.74, 6) is -0.450. The third-order valence-electron chi connectivity index (χ3n) is 2.37. The van der Waals surface area contributed by atoms with E-state index in [1.807, 2.05) is 0 Å². The molecule has 0 unspecified atom stereocenters. The standard InChI is InChI=1S/C12H22O6/c1-11(2,18-10(14)16-6)7-8-17-12(3,4)9(13)15-5/h7-8H2,1-6H3. The molecule has 0 bridgehead atoms. The normalized spacial score (nSPS) is 11.9. The summed E-state index contributed by atoms with van der Waals surface area (Å²) in [6.45, 7) is 6.96. The van der Waals surface area contributed by atoms with E-state index in [0.29, 0.717) is 6.42 Å². The first kappa shape index (κ1) is 16.7. The average molecular weight is 262 g/mol. The van der Waals surface area contributed by atoms with E-state index in [1.54, 1.807) is 27.7 Å². The van der Waals surface area contributed by atoms with Crippen LogP contribution in [0.2, 0.25) is 0 Å². The number of esters is 1. The van der Waals surface area contributed by atoms with Crippen LogP contribution in [0.5, 0.6) is 0 Å². The summed E-state index contributed by atoms with van der Waals surface area (Å²) >= 11 is 0. The van der Waals surface area contributed by atoms with Crippen LogP contribution in [0.15, 0.2) is 0 Å². The van der Waals surface area contributed by atoms with Crippen LogP contribution in [0.1, 0.15) is 34.1 Å². The molecule has 0 saturated carbocycles. The Morgan fingerprint density at radius 1 is 1.00 bits per heavy atom. The zero-order chi connectivity index (χ0) is 14.4. The Kier molecular flexibility index (Phi) is 6.11. The van der Waals surface area contributed by atoms with E-state index in [-0.39, 0.29) is 6.61 Å². The van der Waals surface area contributed by atoms with E-state index in [2.05, 4.69) is 9.47 Å². The predicted octanol–water partition coefficient (Wildman–Crippen LogP) is 1.91. The average Bonchev–Trinajstić information content (AvgIpc) is 2.26. The van der Waals surface area contributed by atoms with Gasteiger partial charge in [-0.3, -0.25) is 0 Å². The van der Waals surface area contributed by atoms with Gasteiger partial charge in [-0.25, -0.2) is 9.59 Å². The summed E-state index contributed by atoms with van der Waals surface area (Å²) in [5, 5.41) is 0. The number of hydrogen-bond donors (Lipinski definition) is 0. The van der Waals surface area contributed by atoms with E-state index in [1.165, 1.54) is 14.2 Å². The van der Waals surface area contributed by atoms with Crippen molar-refractivity contribution in [1.29, 1.82) is 0 Å². The first-order valence-corrected chi connectivity index (χ1v) is 5.64. The van der Waals surface area contributed by atoms with Gasteiger partial charge >= 0.3 is 12.1 Å². The Balaban J connectivity index is 4.17. The molecule has 18 heavy (non-hydrogen) atoms. The Bertz CT molecular complexity index is 295. The largest absolute Gasteiger partial charge is 0.508 e. The number of carbonyl (C=O) groups excluding carboxylic acids is 2. The number of rotatable bonds is 6. The van der Waals surface area contributed by atoms with Gasteiger partial charge in [-0.05, 0) is 27.7 Å². The van der Waals surface area contributed by atoms with E-state index in [0.717, 1.165) is 0 Å². The fourth-order valence-corrected chi connectivity index (χ4v) is 1.17. The minimum Gasteiger partial charge on any atom is -0.467 e. The summed E-state index contributed by atoms with van der Waals surface area (Å²) in [7, 11) is 2.55. The molecule has 6 heteroatoms. The van der Waals surface area contributed by atoms with Crippen LogP contribution in [0.3, 0.4) is 0 Å². The molecule has 0 aliphatic heterocycles. The molecule has 0 aromatic heterocycles. The van der Waals surface area contributed by atoms with Crippen LogP contribution in [0, 0.1) is 0 Å². The Morgan fingerprint density at radius 2 is 1.56 bits per heavy atom. The van der Waals surface area contributed by atoms with Gasteiger partial charge in [-0.15, -0.1) is 0 Å². The maximum Gasteiger partial charge on any atom is 0.508 e. The van der Waals surface area contributed by atoms with Crippen LogP contribution < -0.4 is 0 Å². The fourth-order valence-electron chi connectivity index (χ4n) is 1.17. The van der Waals surface area contributed by atoms with Crippen molar-refractivity contribution < 1.29 is 28.5 Å². The first-order valence-electron chi connectivity index (χ1n) is 5.64. The molecule has 0 aliphatic rings. The second-order valence-corrected chi connectivity index (χ2v) is 4.92. The summed E-state index contributed by atoms with van der Waals surface area (Å²) in [4.78, 5) is 22.3. The highest BCUT2D eigenvalue weighted by atomic mass is 16.7. The highest BCUT2D eigenvalue weighted by Gasteiger charge is 2.31. The SMILES string of the molecule is COC(=O)OC(C)(C)CCOC(C)(C)C(=O)OC. The third-order valence-corrected chi connectivity index (χ3v) is 2.37. The number of ether oxygens (including phenoxy) is 4. The van der Waals surface area contributed by atoms with E-state index < -0.39 is 23.3 Å². The van der Waals surface area contributed by atoms with Crippen LogP contribution >= 0.6 is 0 Å². The molecule has 6 nitrogen and oxygen atoms in total. The monoisotopic (exact) mass is 262 g/mol. The topological polar surface area (TPSA) is 71.1 Å². The lowest BCUT2D eigenvalue weighted by Gasteiger charge is -2.27. The van der Waals surface area contributed by atoms with Gasteiger partial charge in [0.05, 0.1) is 20.8 Å². The molecule has 0 fully saturated rings. The van der Waals surface area contributed by atoms with Gasteiger partial charge in [0.25, 0.3) is 0 Å². The van der Waals surface area contributed by atoms with Crippen molar-refractivity contribution in [2.75, 3.05) is 20.8 Å². The van der Waals surface area contributed by atoms with E-state index in [4.69, 9.17) is 9.47 Å². The maximum atomic E-state index is 11.4. The summed E-state index contributed by atoms with van der Waals surface area (Å²) in [6, 6.07) is 0. The van der Waals surface area contributed by atoms with Gasteiger partial charge in [0.15, 0.2) is 5.60 Å². The molecular weight excluding hydrogens is 240 g/mol. The summed E-state index contributed by atoms with van der Waals surface area (Å²) in [6.07, 6.45) is -0.310. The molecule has 0 aromatic rings. The fraction of sp³-hybridized carbons (Fsp3) is 0.833. The predicted molar refractivity (Wildman–Crippen MR) is 64.2 cm³/mol. The van der Waals surface area contributed by atoms with Gasteiger partial charge in [-0.2, -0.15) is 0 Å². The molecule has 0 heterocycles. The molecule has 0 N–H and O–H groups in total. The smallest absolute Gasteiger partial charge is 0.467 e. The molecule has 106 valence electrons. The molecule has 0 saturated heterocycles. The highest BCUT2D eigenvalue weighted by Crippen LogP contribution is 2.18. The van der Waals surface area contributed by atoms with Gasteiger partial charge < -0.3 is 18.9 Å². The van der Waals surface area contributed by atoms with Crippen molar-refractivity contribution >= 4 is 12.1 Å². The van der Waals surface area contributed by atoms with Gasteiger partial charge in [0, 0.05) is 6.42 Å². The second kappa shape index (κ2) is 6.58. The van der Waals surface area contributed by atoms with Gasteiger partial charge in [0.2, 0.25) is 0 Å². The number of hydrogen-bond acceptors (Lipinski definition) is 6. The van der Waals surface area contributed by atoms with Crippen molar-refractivity contribution in [3.63, 3.8) is 0 Å². The molecule has 0 aliphatic carbocycles.